The van der Waals surface area contributed by atoms with Crippen molar-refractivity contribution < 1.29 is 137 Å². The molecule has 0 radical (unpaired) electrons. The number of nitrogens with one attached hydrogen (secondary N) is 2. The van der Waals surface area contributed by atoms with Crippen molar-refractivity contribution in [3.05, 3.63) is 48.5 Å². The van der Waals surface area contributed by atoms with Crippen LogP contribution >= 0.6 is 23.2 Å². The van der Waals surface area contributed by atoms with Crippen molar-refractivity contribution in [3.8, 4) is 11.5 Å². The van der Waals surface area contributed by atoms with Crippen molar-refractivity contribution >= 4 is 46.4 Å². The second-order valence-electron chi connectivity index (χ2n) is 11.9. The van der Waals surface area contributed by atoms with Crippen LogP contribution in [0.2, 0.25) is 0 Å². The molecule has 2 N–H and O–H groups in total. The van der Waals surface area contributed by atoms with E-state index in [-0.39, 0.29) is 24.3 Å². The van der Waals surface area contributed by atoms with Crippen LogP contribution < -0.4 is 15.4 Å². The van der Waals surface area contributed by atoms with Gasteiger partial charge in [-0.15, -0.1) is 0 Å². The Labute approximate surface area is 336 Å². The van der Waals surface area contributed by atoms with Crippen LogP contribution in [0.1, 0.15) is 0 Å². The van der Waals surface area contributed by atoms with E-state index in [0.717, 1.165) is 0 Å². The fraction of sp³-hybridized carbons (Fsp3) is 0.500. The molecule has 2 rings (SSSR count). The number of amides is 2. The molecule has 0 atom stereocenters. The molecule has 2 amide bonds. The molecular weight excluding hydrogens is 1020 g/mol. The third-order valence-electron chi connectivity index (χ3n) is 7.69. The summed E-state index contributed by atoms with van der Waals surface area (Å²) in [5.74, 6) is -106. The van der Waals surface area contributed by atoms with E-state index >= 15 is 0 Å². The van der Waals surface area contributed by atoms with Gasteiger partial charge < -0.3 is 15.4 Å². The van der Waals surface area contributed by atoms with E-state index < -0.39 is 117 Å². The van der Waals surface area contributed by atoms with E-state index in [4.69, 9.17) is 4.74 Å². The van der Waals surface area contributed by atoms with Crippen LogP contribution in [0.15, 0.2) is 48.5 Å². The second kappa shape index (κ2) is 15.8. The van der Waals surface area contributed by atoms with Crippen molar-refractivity contribution in [2.45, 2.75) is 81.8 Å². The maximum Gasteiger partial charge on any atom is 0.393 e. The number of halogens is 30. The quantitative estimate of drug-likeness (QED) is 0.115. The fourth-order valence-electron chi connectivity index (χ4n) is 3.99. The molecule has 0 fully saturated rings. The van der Waals surface area contributed by atoms with E-state index in [1.165, 1.54) is 0 Å². The van der Waals surface area contributed by atoms with Crippen LogP contribution in [0, 0.1) is 0 Å². The highest BCUT2D eigenvalue weighted by atomic mass is 35.5. The number of hydrogen-bond acceptors (Lipinski definition) is 3. The van der Waals surface area contributed by atoms with Crippen LogP contribution in [0.4, 0.5) is 134 Å². The Kier molecular flexibility index (Phi) is 13.7. The van der Waals surface area contributed by atoms with Crippen LogP contribution in [0.5, 0.6) is 11.5 Å². The summed E-state index contributed by atoms with van der Waals surface area (Å²) in [4.78, 5) is 23.5. The van der Waals surface area contributed by atoms with Crippen molar-refractivity contribution in [3.63, 3.8) is 0 Å². The van der Waals surface area contributed by atoms with Crippen LogP contribution in [0.3, 0.4) is 0 Å². The molecule has 0 aliphatic heterocycles. The van der Waals surface area contributed by atoms with Gasteiger partial charge in [0.1, 0.15) is 11.5 Å². The molecule has 5 nitrogen and oxygen atoms in total. The van der Waals surface area contributed by atoms with E-state index in [0.29, 0.717) is 34.9 Å². The molecule has 0 aliphatic rings. The normalized spacial score (nSPS) is 15.3. The third kappa shape index (κ3) is 8.24. The molecule has 0 heterocycles. The highest BCUT2D eigenvalue weighted by molar-refractivity contribution is 6.22. The van der Waals surface area contributed by atoms with Crippen LogP contribution in [-0.2, 0) is 9.59 Å². The molecule has 0 unspecified atom stereocenters. The topological polar surface area (TPSA) is 67.4 Å². The zero-order chi connectivity index (χ0) is 50.2. The predicted molar refractivity (Wildman–Crippen MR) is 151 cm³/mol. The second-order valence-corrected chi connectivity index (χ2v) is 12.9. The van der Waals surface area contributed by atoms with Crippen molar-refractivity contribution in [1.82, 2.24) is 0 Å². The molecule has 0 spiro atoms. The van der Waals surface area contributed by atoms with Gasteiger partial charge >= 0.3 is 93.6 Å². The number of ether oxygens (including phenoxy) is 1. The minimum Gasteiger partial charge on any atom is -0.457 e. The van der Waals surface area contributed by atoms with Crippen molar-refractivity contribution in [2.24, 2.45) is 0 Å². The molecule has 0 aliphatic carbocycles. The number of carbonyl (C=O) groups excluding carboxylic acids is 2. The van der Waals surface area contributed by atoms with Gasteiger partial charge in [-0.2, -0.15) is 123 Å². The lowest BCUT2D eigenvalue weighted by atomic mass is 9.91. The molecule has 0 saturated carbocycles. The third-order valence-corrected chi connectivity index (χ3v) is 8.16. The van der Waals surface area contributed by atoms with Crippen LogP contribution in [0.25, 0.3) is 0 Å². The standard InChI is InChI=1S/C28H10Cl2F28N2O3/c29-27(55,56)25(51,52)23(47,48)21(43,44)19(39,40)17(35,36)15(31,32)13(61)59-9-1-5-11(6-2-9)63-12-7-3-10(4-8-12)60-14(62)16(33,34)18(37,38)20(41,42)22(45,46)24(49,50)26(53,54)28(30,57)58/h1-8H,(H,59,61)(H,60,62). The summed E-state index contributed by atoms with van der Waals surface area (Å²) >= 11 is 6.94. The summed E-state index contributed by atoms with van der Waals surface area (Å²) < 4.78 is 386. The Morgan fingerprint density at radius 3 is 0.730 bits per heavy atom. The first-order chi connectivity index (χ1) is 27.4. The van der Waals surface area contributed by atoms with Gasteiger partial charge in [0.05, 0.1) is 0 Å². The van der Waals surface area contributed by atoms with Gasteiger partial charge in [-0.05, 0) is 71.7 Å². The highest BCUT2D eigenvalue weighted by Gasteiger charge is 2.95. The summed E-state index contributed by atoms with van der Waals surface area (Å²) in [5.41, 5.74) is -2.52. The smallest absolute Gasteiger partial charge is 0.393 e. The maximum atomic E-state index is 14.2. The number of benzene rings is 2. The number of rotatable bonds is 18. The Morgan fingerprint density at radius 1 is 0.333 bits per heavy atom. The molecule has 0 saturated heterocycles. The maximum absolute atomic E-state index is 14.2. The van der Waals surface area contributed by atoms with Crippen LogP contribution in [-0.4, -0.2) is 93.6 Å². The average molecular weight is 1030 g/mol. The Bertz CT molecular complexity index is 1850. The molecular formula is C28H10Cl2F28N2O3. The van der Waals surface area contributed by atoms with Gasteiger partial charge in [0.2, 0.25) is 0 Å². The molecule has 360 valence electrons. The van der Waals surface area contributed by atoms with Gasteiger partial charge in [-0.3, -0.25) is 9.59 Å². The lowest BCUT2D eigenvalue weighted by Gasteiger charge is -2.41. The summed E-state index contributed by atoms with van der Waals surface area (Å²) in [6.45, 7) is 0. The van der Waals surface area contributed by atoms with Gasteiger partial charge in [0.15, 0.2) is 0 Å². The number of alkyl halides is 30. The lowest BCUT2D eigenvalue weighted by Crippen LogP contribution is -2.73. The molecule has 63 heavy (non-hydrogen) atoms. The highest BCUT2D eigenvalue weighted by Crippen LogP contribution is 2.64. The minimum absolute atomic E-state index is 0.264. The largest absolute Gasteiger partial charge is 0.457 e. The number of carbonyl (C=O) groups is 2. The molecule has 0 bridgehead atoms. The average Bonchev–Trinajstić information content (AvgIpc) is 3.11. The lowest BCUT2D eigenvalue weighted by molar-refractivity contribution is -0.431. The van der Waals surface area contributed by atoms with Gasteiger partial charge in [-0.1, -0.05) is 0 Å². The zero-order valence-electron chi connectivity index (χ0n) is 28.2. The van der Waals surface area contributed by atoms with Gasteiger partial charge in [0.25, 0.3) is 0 Å². The summed E-state index contributed by atoms with van der Waals surface area (Å²) in [6, 6.07) is 2.85. The first kappa shape index (κ1) is 54.9. The van der Waals surface area contributed by atoms with E-state index in [9.17, 15) is 133 Å². The Balaban J connectivity index is 2.27. The van der Waals surface area contributed by atoms with Crippen molar-refractivity contribution in [2.75, 3.05) is 10.6 Å². The van der Waals surface area contributed by atoms with Crippen molar-refractivity contribution in [1.29, 1.82) is 0 Å². The summed E-state index contributed by atoms with van der Waals surface area (Å²) in [6.07, 6.45) is 0. The molecule has 35 heteroatoms. The SMILES string of the molecule is O=C(Nc1ccc(Oc2ccc(NC(=O)C(F)(F)C(F)(F)C(F)(F)C(F)(F)C(F)(F)C(F)(F)C(F)(F)Cl)cc2)cc1)C(F)(F)C(F)(F)C(F)(F)C(F)(F)C(F)(F)C(F)(F)C(F)(F)Cl. The fourth-order valence-corrected chi connectivity index (χ4v) is 4.22. The minimum atomic E-state index is -8.54. The van der Waals surface area contributed by atoms with E-state index in [1.54, 1.807) is 0 Å². The monoisotopic (exact) mass is 1020 g/mol. The van der Waals surface area contributed by atoms with Gasteiger partial charge in [-0.25, -0.2) is 0 Å². The predicted octanol–water partition coefficient (Wildman–Crippen LogP) is 12.6. The van der Waals surface area contributed by atoms with E-state index in [1.807, 2.05) is 0 Å². The summed E-state index contributed by atoms with van der Waals surface area (Å²) in [5, 5.41) is -12.5. The summed E-state index contributed by atoms with van der Waals surface area (Å²) in [7, 11) is 0. The molecule has 2 aromatic rings. The first-order valence-corrected chi connectivity index (χ1v) is 15.4. The van der Waals surface area contributed by atoms with E-state index in [2.05, 4.69) is 23.2 Å². The Hall–Kier alpha value is -4.20. The molecule has 0 aromatic heterocycles. The zero-order valence-corrected chi connectivity index (χ0v) is 29.7. The number of hydrogen-bond donors (Lipinski definition) is 2. The Morgan fingerprint density at radius 2 is 0.524 bits per heavy atom. The molecule has 2 aromatic carbocycles. The first-order valence-electron chi connectivity index (χ1n) is 14.6. The van der Waals surface area contributed by atoms with Gasteiger partial charge in [0, 0.05) is 11.4 Å². The number of anilines is 2.